The average Bonchev–Trinajstić information content (AvgIpc) is 3.34. The van der Waals surface area contributed by atoms with Gasteiger partial charge in [-0.25, -0.2) is 0 Å². The lowest BCUT2D eigenvalue weighted by Gasteiger charge is -2.47. The van der Waals surface area contributed by atoms with Crippen LogP contribution in [0.1, 0.15) is 23.1 Å². The first-order chi connectivity index (χ1) is 15.9. The van der Waals surface area contributed by atoms with Gasteiger partial charge in [0.15, 0.2) is 0 Å². The standard InChI is InChI=1S/C24H29ClO8/c1-30-24(23(29)22(28)21(27)20(12-26)33-24)16-4-7-19(25)15(11-16)10-14-2-5-17(6-3-14)32-18-8-9-31-13-18/h2-7,11,18,20-23,26-29H,8-10,12-13H2,1H3/t18-,20+,21+,22-,23+,24-/m0/s1. The van der Waals surface area contributed by atoms with Gasteiger partial charge in [-0.1, -0.05) is 29.8 Å². The third kappa shape index (κ3) is 4.89. The molecule has 2 aromatic carbocycles. The van der Waals surface area contributed by atoms with Gasteiger partial charge in [-0.15, -0.1) is 0 Å². The zero-order valence-corrected chi connectivity index (χ0v) is 19.0. The van der Waals surface area contributed by atoms with Crippen LogP contribution in [0.3, 0.4) is 0 Å². The Bertz CT molecular complexity index is 931. The van der Waals surface area contributed by atoms with Crippen LogP contribution in [-0.4, -0.2) is 77.9 Å². The Morgan fingerprint density at radius 2 is 1.85 bits per heavy atom. The molecule has 2 aliphatic rings. The van der Waals surface area contributed by atoms with Crippen molar-refractivity contribution in [2.24, 2.45) is 0 Å². The molecule has 0 spiro atoms. The number of methoxy groups -OCH3 is 1. The van der Waals surface area contributed by atoms with Crippen LogP contribution < -0.4 is 4.74 Å². The highest BCUT2D eigenvalue weighted by atomic mass is 35.5. The second-order valence-electron chi connectivity index (χ2n) is 8.37. The molecule has 2 fully saturated rings. The predicted octanol–water partition coefficient (Wildman–Crippen LogP) is 1.37. The van der Waals surface area contributed by atoms with E-state index in [0.717, 1.165) is 23.3 Å². The van der Waals surface area contributed by atoms with E-state index in [-0.39, 0.29) is 6.10 Å². The molecule has 2 aliphatic heterocycles. The second kappa shape index (κ2) is 10.2. The summed E-state index contributed by atoms with van der Waals surface area (Å²) in [4.78, 5) is 0. The molecule has 0 amide bonds. The number of hydrogen-bond donors (Lipinski definition) is 4. The summed E-state index contributed by atoms with van der Waals surface area (Å²) in [5, 5.41) is 41.3. The molecular formula is C24H29ClO8. The zero-order valence-electron chi connectivity index (χ0n) is 18.3. The van der Waals surface area contributed by atoms with Gasteiger partial charge in [0.25, 0.3) is 0 Å². The fraction of sp³-hybridized carbons (Fsp3) is 0.500. The quantitative estimate of drug-likeness (QED) is 0.469. The van der Waals surface area contributed by atoms with Gasteiger partial charge >= 0.3 is 0 Å². The van der Waals surface area contributed by atoms with Crippen molar-refractivity contribution in [3.8, 4) is 5.75 Å². The molecule has 2 saturated heterocycles. The number of aliphatic hydroxyl groups is 4. The molecule has 180 valence electrons. The highest BCUT2D eigenvalue weighted by molar-refractivity contribution is 6.31. The van der Waals surface area contributed by atoms with E-state index in [0.29, 0.717) is 30.2 Å². The summed E-state index contributed by atoms with van der Waals surface area (Å²) in [6, 6.07) is 12.7. The summed E-state index contributed by atoms with van der Waals surface area (Å²) < 4.78 is 22.5. The first-order valence-electron chi connectivity index (χ1n) is 10.9. The summed E-state index contributed by atoms with van der Waals surface area (Å²) in [6.07, 6.45) is -4.33. The van der Waals surface area contributed by atoms with E-state index in [2.05, 4.69) is 0 Å². The van der Waals surface area contributed by atoms with E-state index in [4.69, 9.17) is 30.5 Å². The molecule has 6 atom stereocenters. The number of aliphatic hydroxyl groups excluding tert-OH is 4. The Kier molecular flexibility index (Phi) is 7.57. The number of ether oxygens (including phenoxy) is 4. The smallest absolute Gasteiger partial charge is 0.224 e. The van der Waals surface area contributed by atoms with E-state index in [9.17, 15) is 20.4 Å². The van der Waals surface area contributed by atoms with Crippen LogP contribution in [0, 0.1) is 0 Å². The molecule has 0 unspecified atom stereocenters. The molecule has 33 heavy (non-hydrogen) atoms. The summed E-state index contributed by atoms with van der Waals surface area (Å²) in [7, 11) is 1.32. The first-order valence-corrected chi connectivity index (χ1v) is 11.3. The maximum absolute atomic E-state index is 10.7. The van der Waals surface area contributed by atoms with Crippen LogP contribution in [-0.2, 0) is 26.4 Å². The molecular weight excluding hydrogens is 452 g/mol. The molecule has 0 bridgehead atoms. The molecule has 2 heterocycles. The molecule has 4 rings (SSSR count). The van der Waals surface area contributed by atoms with E-state index < -0.39 is 36.8 Å². The van der Waals surface area contributed by atoms with E-state index in [1.807, 2.05) is 24.3 Å². The van der Waals surface area contributed by atoms with Gasteiger partial charge in [0.2, 0.25) is 5.79 Å². The van der Waals surface area contributed by atoms with Gasteiger partial charge in [0, 0.05) is 24.1 Å². The van der Waals surface area contributed by atoms with Gasteiger partial charge in [0.05, 0.1) is 19.8 Å². The fourth-order valence-electron chi connectivity index (χ4n) is 4.30. The predicted molar refractivity (Wildman–Crippen MR) is 119 cm³/mol. The Morgan fingerprint density at radius 1 is 1.09 bits per heavy atom. The second-order valence-corrected chi connectivity index (χ2v) is 8.77. The van der Waals surface area contributed by atoms with Gasteiger partial charge < -0.3 is 39.4 Å². The van der Waals surface area contributed by atoms with Crippen LogP contribution in [0.2, 0.25) is 5.02 Å². The minimum Gasteiger partial charge on any atom is -0.488 e. The van der Waals surface area contributed by atoms with Crippen molar-refractivity contribution >= 4 is 11.6 Å². The van der Waals surface area contributed by atoms with E-state index >= 15 is 0 Å². The number of rotatable bonds is 7. The van der Waals surface area contributed by atoms with Crippen molar-refractivity contribution in [2.75, 3.05) is 26.9 Å². The first kappa shape index (κ1) is 24.4. The van der Waals surface area contributed by atoms with Gasteiger partial charge in [-0.05, 0) is 41.8 Å². The van der Waals surface area contributed by atoms with Crippen LogP contribution in [0.4, 0.5) is 0 Å². The highest BCUT2D eigenvalue weighted by Gasteiger charge is 2.55. The van der Waals surface area contributed by atoms with Crippen LogP contribution in [0.15, 0.2) is 42.5 Å². The van der Waals surface area contributed by atoms with Crippen molar-refractivity contribution in [2.45, 2.75) is 49.1 Å². The molecule has 0 aromatic heterocycles. The molecule has 0 aliphatic carbocycles. The molecule has 8 nitrogen and oxygen atoms in total. The zero-order chi connectivity index (χ0) is 23.6. The molecule has 0 radical (unpaired) electrons. The third-order valence-electron chi connectivity index (χ3n) is 6.21. The Hall–Kier alpha value is -1.75. The number of benzene rings is 2. The summed E-state index contributed by atoms with van der Waals surface area (Å²) in [5.41, 5.74) is 2.15. The topological polar surface area (TPSA) is 118 Å². The Labute approximate surface area is 197 Å². The SMILES string of the molecule is CO[C@@]1(c2ccc(Cl)c(Cc3ccc(O[C@H]4CCOC4)cc3)c2)O[C@H](CO)[C@@H](O)[C@H](O)[C@H]1O. The van der Waals surface area contributed by atoms with Gasteiger partial charge in [-0.3, -0.25) is 0 Å². The summed E-state index contributed by atoms with van der Waals surface area (Å²) in [5.74, 6) is -1.01. The minimum absolute atomic E-state index is 0.0748. The molecule has 2 aromatic rings. The van der Waals surface area contributed by atoms with Crippen LogP contribution in [0.25, 0.3) is 0 Å². The maximum atomic E-state index is 10.7. The van der Waals surface area contributed by atoms with Crippen LogP contribution in [0.5, 0.6) is 5.75 Å². The third-order valence-corrected chi connectivity index (χ3v) is 6.58. The largest absolute Gasteiger partial charge is 0.488 e. The van der Waals surface area contributed by atoms with E-state index in [1.165, 1.54) is 7.11 Å². The monoisotopic (exact) mass is 480 g/mol. The average molecular weight is 481 g/mol. The Morgan fingerprint density at radius 3 is 2.48 bits per heavy atom. The van der Waals surface area contributed by atoms with Crippen molar-refractivity contribution in [3.63, 3.8) is 0 Å². The normalized spacial score (nSPS) is 32.1. The molecule has 4 N–H and O–H groups in total. The van der Waals surface area contributed by atoms with Crippen molar-refractivity contribution in [1.82, 2.24) is 0 Å². The van der Waals surface area contributed by atoms with Crippen molar-refractivity contribution < 1.29 is 39.4 Å². The maximum Gasteiger partial charge on any atom is 0.224 e. The van der Waals surface area contributed by atoms with Gasteiger partial charge in [-0.2, -0.15) is 0 Å². The number of halogens is 1. The van der Waals surface area contributed by atoms with Crippen molar-refractivity contribution in [1.29, 1.82) is 0 Å². The lowest BCUT2D eigenvalue weighted by atomic mass is 9.87. The lowest BCUT2D eigenvalue weighted by Crippen LogP contribution is -2.64. The number of hydrogen-bond acceptors (Lipinski definition) is 8. The van der Waals surface area contributed by atoms with Gasteiger partial charge in [0.1, 0.15) is 36.3 Å². The fourth-order valence-corrected chi connectivity index (χ4v) is 4.48. The summed E-state index contributed by atoms with van der Waals surface area (Å²) >= 11 is 6.45. The highest BCUT2D eigenvalue weighted by Crippen LogP contribution is 2.40. The van der Waals surface area contributed by atoms with Crippen molar-refractivity contribution in [3.05, 3.63) is 64.2 Å². The van der Waals surface area contributed by atoms with E-state index in [1.54, 1.807) is 18.2 Å². The Balaban J connectivity index is 1.57. The molecule has 0 saturated carbocycles. The molecule has 9 heteroatoms. The van der Waals surface area contributed by atoms with Crippen LogP contribution >= 0.6 is 11.6 Å². The summed E-state index contributed by atoms with van der Waals surface area (Å²) in [6.45, 7) is 0.758. The lowest BCUT2D eigenvalue weighted by molar-refractivity contribution is -0.366. The minimum atomic E-state index is -1.79.